The van der Waals surface area contributed by atoms with Crippen molar-refractivity contribution in [3.05, 3.63) is 106 Å². The van der Waals surface area contributed by atoms with Gasteiger partial charge in [0.05, 0.1) is 16.8 Å². The third kappa shape index (κ3) is 6.30. The molecule has 0 unspecified atom stereocenters. The van der Waals surface area contributed by atoms with Crippen molar-refractivity contribution >= 4 is 47.4 Å². The molecule has 0 fully saturated rings. The van der Waals surface area contributed by atoms with Crippen LogP contribution >= 0.6 is 23.2 Å². The van der Waals surface area contributed by atoms with Gasteiger partial charge in [-0.15, -0.1) is 0 Å². The summed E-state index contributed by atoms with van der Waals surface area (Å²) in [6, 6.07) is 20.7. The Kier molecular flexibility index (Phi) is 7.38. The molecule has 3 aromatic carbocycles. The van der Waals surface area contributed by atoms with Crippen LogP contribution in [0.2, 0.25) is 10.0 Å². The van der Waals surface area contributed by atoms with Crippen LogP contribution in [-0.4, -0.2) is 18.1 Å². The van der Waals surface area contributed by atoms with Gasteiger partial charge in [-0.3, -0.25) is 4.79 Å². The first-order valence-electron chi connectivity index (χ1n) is 8.85. The number of carbonyl (C=O) groups is 2. The first-order chi connectivity index (χ1) is 14.5. The van der Waals surface area contributed by atoms with Gasteiger partial charge < -0.3 is 4.74 Å². The molecule has 5 nitrogen and oxygen atoms in total. The number of nitrogens with one attached hydrogen (secondary N) is 1. The topological polar surface area (TPSA) is 67.8 Å². The van der Waals surface area contributed by atoms with Crippen molar-refractivity contribution in [2.45, 2.75) is 0 Å². The molecule has 7 heteroatoms. The summed E-state index contributed by atoms with van der Waals surface area (Å²) < 4.78 is 5.25. The minimum Gasteiger partial charge on any atom is -0.423 e. The first kappa shape index (κ1) is 21.3. The molecule has 0 heterocycles. The minimum absolute atomic E-state index is 0.239. The summed E-state index contributed by atoms with van der Waals surface area (Å²) in [7, 11) is 0. The van der Waals surface area contributed by atoms with E-state index in [1.54, 1.807) is 36.4 Å². The van der Waals surface area contributed by atoms with Gasteiger partial charge >= 0.3 is 5.97 Å². The highest BCUT2D eigenvalue weighted by Crippen LogP contribution is 2.20. The summed E-state index contributed by atoms with van der Waals surface area (Å²) in [5.41, 5.74) is 4.27. The molecule has 0 atom stereocenters. The molecule has 30 heavy (non-hydrogen) atoms. The fourth-order valence-corrected chi connectivity index (χ4v) is 2.89. The summed E-state index contributed by atoms with van der Waals surface area (Å²) in [5, 5.41) is 4.58. The molecule has 3 rings (SSSR count). The fraction of sp³-hybridized carbons (Fsp3) is 0. The summed E-state index contributed by atoms with van der Waals surface area (Å²) in [6.45, 7) is 0. The zero-order valence-electron chi connectivity index (χ0n) is 15.6. The van der Waals surface area contributed by atoms with Crippen LogP contribution in [0.5, 0.6) is 5.75 Å². The summed E-state index contributed by atoms with van der Waals surface area (Å²) in [5.74, 6) is -0.539. The number of hydrazone groups is 1. The van der Waals surface area contributed by atoms with E-state index in [0.29, 0.717) is 16.3 Å². The van der Waals surface area contributed by atoms with Crippen LogP contribution in [0.25, 0.3) is 6.08 Å². The largest absolute Gasteiger partial charge is 0.423 e. The van der Waals surface area contributed by atoms with Crippen molar-refractivity contribution in [1.82, 2.24) is 5.43 Å². The molecule has 3 aromatic rings. The highest BCUT2D eigenvalue weighted by Gasteiger charge is 2.09. The highest BCUT2D eigenvalue weighted by atomic mass is 35.5. The molecule has 0 saturated carbocycles. The Morgan fingerprint density at radius 3 is 2.33 bits per heavy atom. The fourth-order valence-electron chi connectivity index (χ4n) is 2.40. The predicted molar refractivity (Wildman–Crippen MR) is 119 cm³/mol. The molecule has 0 aromatic heterocycles. The van der Waals surface area contributed by atoms with Crippen molar-refractivity contribution in [2.24, 2.45) is 5.10 Å². The number of halogens is 2. The molecular formula is C23H16Cl2N2O3. The molecule has 1 N–H and O–H groups in total. The van der Waals surface area contributed by atoms with E-state index >= 15 is 0 Å². The number of benzene rings is 3. The standard InChI is InChI=1S/C23H16Cl2N2O3/c24-18-9-12-20(21(25)14-18)23(29)27-26-15-17-6-10-19(11-7-17)30-22(28)13-8-16-4-2-1-3-5-16/h1-15H,(H,27,29). The Labute approximate surface area is 183 Å². The number of rotatable bonds is 6. The number of esters is 1. The van der Waals surface area contributed by atoms with E-state index in [1.165, 1.54) is 24.4 Å². The predicted octanol–water partition coefficient (Wildman–Crippen LogP) is 5.38. The van der Waals surface area contributed by atoms with Crippen LogP contribution in [0.3, 0.4) is 0 Å². The average Bonchev–Trinajstić information content (AvgIpc) is 2.74. The van der Waals surface area contributed by atoms with Gasteiger partial charge in [-0.05, 0) is 59.7 Å². The molecule has 0 radical (unpaired) electrons. The lowest BCUT2D eigenvalue weighted by atomic mass is 10.2. The number of amides is 1. The van der Waals surface area contributed by atoms with Crippen LogP contribution in [0.1, 0.15) is 21.5 Å². The third-order valence-electron chi connectivity index (χ3n) is 3.87. The van der Waals surface area contributed by atoms with E-state index in [-0.39, 0.29) is 10.6 Å². The van der Waals surface area contributed by atoms with Crippen LogP contribution in [0.15, 0.2) is 84.0 Å². The maximum Gasteiger partial charge on any atom is 0.336 e. The molecule has 0 aliphatic heterocycles. The van der Waals surface area contributed by atoms with Gasteiger partial charge in [-0.25, -0.2) is 10.2 Å². The van der Waals surface area contributed by atoms with Crippen molar-refractivity contribution in [3.8, 4) is 5.75 Å². The number of carbonyl (C=O) groups excluding carboxylic acids is 2. The van der Waals surface area contributed by atoms with Crippen LogP contribution in [0.4, 0.5) is 0 Å². The second-order valence-corrected chi connectivity index (χ2v) is 6.90. The van der Waals surface area contributed by atoms with E-state index in [0.717, 1.165) is 5.56 Å². The van der Waals surface area contributed by atoms with E-state index in [9.17, 15) is 9.59 Å². The zero-order chi connectivity index (χ0) is 21.3. The van der Waals surface area contributed by atoms with Gasteiger partial charge in [0.2, 0.25) is 0 Å². The Morgan fingerprint density at radius 1 is 0.900 bits per heavy atom. The van der Waals surface area contributed by atoms with Gasteiger partial charge in [0.25, 0.3) is 5.91 Å². The van der Waals surface area contributed by atoms with Crippen molar-refractivity contribution < 1.29 is 14.3 Å². The molecule has 0 bridgehead atoms. The molecule has 0 aliphatic carbocycles. The number of hydrogen-bond acceptors (Lipinski definition) is 4. The number of nitrogens with zero attached hydrogens (tertiary/aromatic N) is 1. The molecule has 1 amide bonds. The lowest BCUT2D eigenvalue weighted by Crippen LogP contribution is -2.18. The zero-order valence-corrected chi connectivity index (χ0v) is 17.1. The minimum atomic E-state index is -0.479. The molecule has 150 valence electrons. The van der Waals surface area contributed by atoms with Crippen LogP contribution in [0, 0.1) is 0 Å². The lowest BCUT2D eigenvalue weighted by Gasteiger charge is -2.03. The normalized spacial score (nSPS) is 11.0. The van der Waals surface area contributed by atoms with Gasteiger partial charge in [0, 0.05) is 11.1 Å². The molecule has 0 spiro atoms. The van der Waals surface area contributed by atoms with Crippen LogP contribution < -0.4 is 10.2 Å². The highest BCUT2D eigenvalue weighted by molar-refractivity contribution is 6.36. The SMILES string of the molecule is O=C(C=Cc1ccccc1)Oc1ccc(C=NNC(=O)c2ccc(Cl)cc2Cl)cc1. The third-order valence-corrected chi connectivity index (χ3v) is 4.41. The quantitative estimate of drug-likeness (QED) is 0.185. The summed E-state index contributed by atoms with van der Waals surface area (Å²) >= 11 is 11.8. The first-order valence-corrected chi connectivity index (χ1v) is 9.60. The smallest absolute Gasteiger partial charge is 0.336 e. The van der Waals surface area contributed by atoms with Crippen molar-refractivity contribution in [1.29, 1.82) is 0 Å². The van der Waals surface area contributed by atoms with Crippen molar-refractivity contribution in [3.63, 3.8) is 0 Å². The Morgan fingerprint density at radius 2 is 1.63 bits per heavy atom. The molecule has 0 aliphatic rings. The lowest BCUT2D eigenvalue weighted by molar-refractivity contribution is -0.128. The summed E-state index contributed by atoms with van der Waals surface area (Å²) in [4.78, 5) is 24.0. The van der Waals surface area contributed by atoms with Gasteiger partial charge in [-0.1, -0.05) is 53.5 Å². The second kappa shape index (κ2) is 10.4. The second-order valence-electron chi connectivity index (χ2n) is 6.06. The van der Waals surface area contributed by atoms with Gasteiger partial charge in [0.15, 0.2) is 0 Å². The maximum absolute atomic E-state index is 12.1. The Balaban J connectivity index is 1.53. The molecule has 0 saturated heterocycles. The molecular weight excluding hydrogens is 423 g/mol. The summed E-state index contributed by atoms with van der Waals surface area (Å²) in [6.07, 6.45) is 4.50. The van der Waals surface area contributed by atoms with Gasteiger partial charge in [-0.2, -0.15) is 5.10 Å². The number of hydrogen-bond donors (Lipinski definition) is 1. The van der Waals surface area contributed by atoms with E-state index in [2.05, 4.69) is 10.5 Å². The average molecular weight is 439 g/mol. The number of ether oxygens (including phenoxy) is 1. The van der Waals surface area contributed by atoms with E-state index in [4.69, 9.17) is 27.9 Å². The Hall–Kier alpha value is -3.41. The Bertz CT molecular complexity index is 1100. The van der Waals surface area contributed by atoms with Crippen molar-refractivity contribution in [2.75, 3.05) is 0 Å². The maximum atomic E-state index is 12.1. The van der Waals surface area contributed by atoms with E-state index in [1.807, 2.05) is 30.3 Å². The van der Waals surface area contributed by atoms with Crippen LogP contribution in [-0.2, 0) is 4.79 Å². The monoisotopic (exact) mass is 438 g/mol. The van der Waals surface area contributed by atoms with Gasteiger partial charge in [0.1, 0.15) is 5.75 Å². The van der Waals surface area contributed by atoms with E-state index < -0.39 is 11.9 Å².